The van der Waals surface area contributed by atoms with Gasteiger partial charge in [-0.05, 0) is 43.5 Å². The fourth-order valence-corrected chi connectivity index (χ4v) is 4.57. The van der Waals surface area contributed by atoms with Crippen molar-refractivity contribution in [3.05, 3.63) is 41.3 Å². The summed E-state index contributed by atoms with van der Waals surface area (Å²) in [4.78, 5) is 23.3. The number of carbonyl (C=O) groups excluding carboxylic acids is 1. The van der Waals surface area contributed by atoms with Crippen molar-refractivity contribution in [1.82, 2.24) is 15.3 Å². The lowest BCUT2D eigenvalue weighted by Gasteiger charge is -2.16. The second kappa shape index (κ2) is 8.78. The Kier molecular flexibility index (Phi) is 6.08. The molecule has 2 aromatic heterocycles. The lowest BCUT2D eigenvalue weighted by atomic mass is 10.0. The van der Waals surface area contributed by atoms with E-state index < -0.39 is 12.8 Å². The zero-order chi connectivity index (χ0) is 22.0. The predicted molar refractivity (Wildman–Crippen MR) is 113 cm³/mol. The van der Waals surface area contributed by atoms with Crippen LogP contribution < -0.4 is 15.0 Å². The van der Waals surface area contributed by atoms with Gasteiger partial charge in [0.2, 0.25) is 11.9 Å². The van der Waals surface area contributed by atoms with Crippen molar-refractivity contribution in [2.24, 2.45) is 5.92 Å². The van der Waals surface area contributed by atoms with Crippen LogP contribution in [0, 0.1) is 5.92 Å². The summed E-state index contributed by atoms with van der Waals surface area (Å²) < 4.78 is 41.6. The van der Waals surface area contributed by atoms with Crippen LogP contribution in [0.1, 0.15) is 30.7 Å². The number of nitrogens with zero attached hydrogens (tertiary/aromatic N) is 2. The van der Waals surface area contributed by atoms with Gasteiger partial charge in [0.1, 0.15) is 0 Å². The van der Waals surface area contributed by atoms with E-state index in [1.54, 1.807) is 6.07 Å². The molecule has 4 rings (SSSR count). The average molecular weight is 453 g/mol. The number of ether oxygens (including phenoxy) is 1. The molecule has 1 aromatic carbocycles. The van der Waals surface area contributed by atoms with Crippen LogP contribution in [0.3, 0.4) is 0 Å². The van der Waals surface area contributed by atoms with Crippen molar-refractivity contribution < 1.29 is 22.7 Å². The number of para-hydroxylation sites is 2. The van der Waals surface area contributed by atoms with Gasteiger partial charge in [0.15, 0.2) is 11.7 Å². The van der Waals surface area contributed by atoms with E-state index in [0.29, 0.717) is 6.42 Å². The first-order valence-electron chi connectivity index (χ1n) is 10.0. The lowest BCUT2D eigenvalue weighted by molar-refractivity contribution is -0.152. The average Bonchev–Trinajstić information content (AvgIpc) is 3.44. The molecule has 3 heterocycles. The Morgan fingerprint density at radius 1 is 1.35 bits per heavy atom. The summed E-state index contributed by atoms with van der Waals surface area (Å²) in [6, 6.07) is 10.7. The number of alkyl halides is 3. The number of anilines is 1. The number of hydrogen-bond donors (Lipinski definition) is 2. The Bertz CT molecular complexity index is 1020. The van der Waals surface area contributed by atoms with Gasteiger partial charge in [-0.25, -0.2) is 4.98 Å². The molecule has 0 bridgehead atoms. The number of H-pyrrole nitrogens is 1. The molecule has 1 aliphatic rings. The third-order valence-corrected chi connectivity index (χ3v) is 6.40. The molecule has 0 aliphatic carbocycles. The molecule has 1 aliphatic heterocycles. The van der Waals surface area contributed by atoms with Crippen LogP contribution in [0.2, 0.25) is 0 Å². The van der Waals surface area contributed by atoms with Crippen LogP contribution in [-0.4, -0.2) is 41.7 Å². The summed E-state index contributed by atoms with van der Waals surface area (Å²) in [5, 5.41) is 3.12. The molecule has 1 amide bonds. The topological polar surface area (TPSA) is 70.2 Å². The maximum absolute atomic E-state index is 12.5. The number of benzene rings is 1. The maximum atomic E-state index is 12.5. The number of fused-ring (bicyclic) bond motifs is 1. The number of carbonyl (C=O) groups is 1. The summed E-state index contributed by atoms with van der Waals surface area (Å²) in [6.45, 7) is 2.07. The first-order valence-corrected chi connectivity index (χ1v) is 10.9. The highest BCUT2D eigenvalue weighted by atomic mass is 32.1. The Morgan fingerprint density at radius 3 is 2.94 bits per heavy atom. The highest BCUT2D eigenvalue weighted by molar-refractivity contribution is 7.13. The van der Waals surface area contributed by atoms with Crippen molar-refractivity contribution in [1.29, 1.82) is 0 Å². The first kappa shape index (κ1) is 21.5. The van der Waals surface area contributed by atoms with E-state index in [1.165, 1.54) is 6.07 Å². The first-order chi connectivity index (χ1) is 14.8. The van der Waals surface area contributed by atoms with E-state index in [1.807, 2.05) is 31.2 Å². The van der Waals surface area contributed by atoms with E-state index in [4.69, 9.17) is 4.74 Å². The summed E-state index contributed by atoms with van der Waals surface area (Å²) >= 11 is 1.11. The zero-order valence-corrected chi connectivity index (χ0v) is 17.7. The van der Waals surface area contributed by atoms with E-state index in [2.05, 4.69) is 20.2 Å². The summed E-state index contributed by atoms with van der Waals surface area (Å²) in [5.74, 6) is 0.965. The molecule has 0 unspecified atom stereocenters. The Hall–Kier alpha value is -2.75. The molecule has 3 aromatic rings. The number of amides is 1. The minimum atomic E-state index is -4.37. The number of rotatable bonds is 7. The number of halogens is 3. The van der Waals surface area contributed by atoms with Gasteiger partial charge < -0.3 is 19.9 Å². The van der Waals surface area contributed by atoms with Gasteiger partial charge in [0.25, 0.3) is 0 Å². The summed E-state index contributed by atoms with van der Waals surface area (Å²) in [5.41, 5.74) is 1.91. The van der Waals surface area contributed by atoms with Gasteiger partial charge in [-0.15, -0.1) is 11.3 Å². The van der Waals surface area contributed by atoms with E-state index in [0.717, 1.165) is 52.7 Å². The molecule has 0 radical (unpaired) electrons. The highest BCUT2D eigenvalue weighted by Crippen LogP contribution is 2.31. The number of aromatic amines is 1. The van der Waals surface area contributed by atoms with Gasteiger partial charge in [-0.2, -0.15) is 13.2 Å². The quantitative estimate of drug-likeness (QED) is 0.547. The standard InChI is InChI=1S/C21H23F3N4O2S/c1-13(17-6-7-19(31-17)30-12-21(22,23)24)25-18(29)10-14-8-9-28(11-14)20-26-15-4-2-3-5-16(15)27-20/h2-7,13-14H,8-12H2,1H3,(H,25,29)(H,26,27)/t13-,14-/m1/s1. The number of aromatic nitrogens is 2. The van der Waals surface area contributed by atoms with Gasteiger partial charge in [-0.3, -0.25) is 4.79 Å². The van der Waals surface area contributed by atoms with E-state index in [-0.39, 0.29) is 22.9 Å². The Morgan fingerprint density at radius 2 is 2.16 bits per heavy atom. The number of imidazole rings is 1. The van der Waals surface area contributed by atoms with Crippen molar-refractivity contribution in [3.63, 3.8) is 0 Å². The number of thiophene rings is 1. The van der Waals surface area contributed by atoms with E-state index in [9.17, 15) is 18.0 Å². The van der Waals surface area contributed by atoms with Gasteiger partial charge in [-0.1, -0.05) is 12.1 Å². The van der Waals surface area contributed by atoms with Crippen LogP contribution >= 0.6 is 11.3 Å². The van der Waals surface area contributed by atoms with Gasteiger partial charge in [0, 0.05) is 24.4 Å². The minimum absolute atomic E-state index is 0.0740. The molecule has 2 N–H and O–H groups in total. The molecule has 0 saturated carbocycles. The molecular weight excluding hydrogens is 429 g/mol. The van der Waals surface area contributed by atoms with E-state index >= 15 is 0 Å². The van der Waals surface area contributed by atoms with Crippen molar-refractivity contribution in [2.45, 2.75) is 32.0 Å². The largest absolute Gasteiger partial charge is 0.475 e. The fraction of sp³-hybridized carbons (Fsp3) is 0.429. The van der Waals surface area contributed by atoms with Crippen LogP contribution in [-0.2, 0) is 4.79 Å². The second-order valence-electron chi connectivity index (χ2n) is 7.73. The van der Waals surface area contributed by atoms with Crippen LogP contribution in [0.25, 0.3) is 11.0 Å². The lowest BCUT2D eigenvalue weighted by Crippen LogP contribution is -2.29. The predicted octanol–water partition coefficient (Wildman–Crippen LogP) is 4.66. The zero-order valence-electron chi connectivity index (χ0n) is 16.9. The summed E-state index contributed by atoms with van der Waals surface area (Å²) in [6.07, 6.45) is -3.08. The van der Waals surface area contributed by atoms with Crippen molar-refractivity contribution in [2.75, 3.05) is 24.6 Å². The third-order valence-electron chi connectivity index (χ3n) is 5.22. The molecule has 10 heteroatoms. The second-order valence-corrected chi connectivity index (χ2v) is 8.81. The molecule has 166 valence electrons. The summed E-state index contributed by atoms with van der Waals surface area (Å²) in [7, 11) is 0. The molecule has 31 heavy (non-hydrogen) atoms. The number of hydrogen-bond acceptors (Lipinski definition) is 5. The van der Waals surface area contributed by atoms with Crippen LogP contribution in [0.5, 0.6) is 5.06 Å². The molecule has 1 fully saturated rings. The molecule has 0 spiro atoms. The maximum Gasteiger partial charge on any atom is 0.422 e. The third kappa shape index (κ3) is 5.49. The molecule has 2 atom stereocenters. The monoisotopic (exact) mass is 452 g/mol. The molecular formula is C21H23F3N4O2S. The van der Waals surface area contributed by atoms with Gasteiger partial charge in [0.05, 0.1) is 17.1 Å². The van der Waals surface area contributed by atoms with Crippen LogP contribution in [0.4, 0.5) is 19.1 Å². The highest BCUT2D eigenvalue weighted by Gasteiger charge is 2.29. The normalized spacial score (nSPS) is 17.8. The molecule has 6 nitrogen and oxygen atoms in total. The minimum Gasteiger partial charge on any atom is -0.475 e. The Labute approximate surface area is 181 Å². The fourth-order valence-electron chi connectivity index (χ4n) is 3.71. The van der Waals surface area contributed by atoms with Crippen LogP contribution in [0.15, 0.2) is 36.4 Å². The van der Waals surface area contributed by atoms with Gasteiger partial charge >= 0.3 is 6.18 Å². The number of nitrogens with one attached hydrogen (secondary N) is 2. The smallest absolute Gasteiger partial charge is 0.422 e. The van der Waals surface area contributed by atoms with Crippen molar-refractivity contribution in [3.8, 4) is 5.06 Å². The molecule has 1 saturated heterocycles. The van der Waals surface area contributed by atoms with Crippen molar-refractivity contribution >= 4 is 34.2 Å². The SMILES string of the molecule is C[C@@H](NC(=O)C[C@H]1CCN(c2nc3ccccc3[nH]2)C1)c1ccc(OCC(F)(F)F)s1. The Balaban J connectivity index is 1.26.